The van der Waals surface area contributed by atoms with Gasteiger partial charge in [-0.1, -0.05) is 31.0 Å². The number of hydrogen-bond acceptors (Lipinski definition) is 3. The summed E-state index contributed by atoms with van der Waals surface area (Å²) in [5.41, 5.74) is 0.933. The molecular formula is C15H22N2O3S. The second-order valence-electron chi connectivity index (χ2n) is 5.66. The SMILES string of the molecule is O=S(=O)(NC1CCOc2ccccc21)N1CCCCCC1. The van der Waals surface area contributed by atoms with Crippen molar-refractivity contribution in [2.45, 2.75) is 38.1 Å². The van der Waals surface area contributed by atoms with Gasteiger partial charge in [0.25, 0.3) is 10.2 Å². The van der Waals surface area contributed by atoms with Gasteiger partial charge in [0.1, 0.15) is 5.75 Å². The van der Waals surface area contributed by atoms with Crippen molar-refractivity contribution in [3.63, 3.8) is 0 Å². The lowest BCUT2D eigenvalue weighted by Gasteiger charge is -2.29. The molecule has 0 radical (unpaired) electrons. The summed E-state index contributed by atoms with van der Waals surface area (Å²) in [6.07, 6.45) is 4.80. The lowest BCUT2D eigenvalue weighted by atomic mass is 10.0. The van der Waals surface area contributed by atoms with E-state index in [-0.39, 0.29) is 6.04 Å². The molecule has 1 aromatic carbocycles. The lowest BCUT2D eigenvalue weighted by Crippen LogP contribution is -2.43. The van der Waals surface area contributed by atoms with Gasteiger partial charge in [-0.2, -0.15) is 17.4 Å². The van der Waals surface area contributed by atoms with Gasteiger partial charge in [-0.05, 0) is 18.9 Å². The summed E-state index contributed by atoms with van der Waals surface area (Å²) in [6, 6.07) is 7.46. The van der Waals surface area contributed by atoms with E-state index in [0.29, 0.717) is 26.1 Å². The number of benzene rings is 1. The Balaban J connectivity index is 1.76. The molecule has 1 N–H and O–H groups in total. The molecule has 1 aromatic rings. The van der Waals surface area contributed by atoms with Gasteiger partial charge in [0.2, 0.25) is 0 Å². The van der Waals surface area contributed by atoms with Crippen LogP contribution in [0.25, 0.3) is 0 Å². The zero-order valence-electron chi connectivity index (χ0n) is 12.1. The first-order chi connectivity index (χ1) is 10.2. The third-order valence-corrected chi connectivity index (χ3v) is 5.78. The molecule has 0 amide bonds. The minimum atomic E-state index is -3.42. The van der Waals surface area contributed by atoms with Gasteiger partial charge in [-0.25, -0.2) is 0 Å². The molecule has 6 heteroatoms. The van der Waals surface area contributed by atoms with Gasteiger partial charge in [0.15, 0.2) is 0 Å². The second kappa shape index (κ2) is 6.34. The van der Waals surface area contributed by atoms with Crippen LogP contribution in [0.2, 0.25) is 0 Å². The van der Waals surface area contributed by atoms with Crippen LogP contribution < -0.4 is 9.46 Å². The molecule has 2 heterocycles. The van der Waals surface area contributed by atoms with Crippen molar-refractivity contribution >= 4 is 10.2 Å². The van der Waals surface area contributed by atoms with Crippen molar-refractivity contribution in [1.82, 2.24) is 9.03 Å². The van der Waals surface area contributed by atoms with Gasteiger partial charge in [0.05, 0.1) is 12.6 Å². The molecule has 5 nitrogen and oxygen atoms in total. The number of fused-ring (bicyclic) bond motifs is 1. The fourth-order valence-electron chi connectivity index (χ4n) is 3.00. The van der Waals surface area contributed by atoms with E-state index < -0.39 is 10.2 Å². The van der Waals surface area contributed by atoms with Crippen LogP contribution >= 0.6 is 0 Å². The molecule has 1 saturated heterocycles. The third-order valence-electron chi connectivity index (χ3n) is 4.15. The van der Waals surface area contributed by atoms with Crippen molar-refractivity contribution in [2.24, 2.45) is 0 Å². The van der Waals surface area contributed by atoms with E-state index >= 15 is 0 Å². The van der Waals surface area contributed by atoms with Crippen LogP contribution in [-0.4, -0.2) is 32.4 Å². The molecule has 0 bridgehead atoms. The summed E-state index contributed by atoms with van der Waals surface area (Å²) in [6.45, 7) is 1.80. The third kappa shape index (κ3) is 3.39. The smallest absolute Gasteiger partial charge is 0.280 e. The summed E-state index contributed by atoms with van der Waals surface area (Å²) in [7, 11) is -3.42. The summed E-state index contributed by atoms with van der Waals surface area (Å²) in [5, 5.41) is 0. The van der Waals surface area contributed by atoms with Gasteiger partial charge < -0.3 is 4.74 Å². The molecule has 1 atom stereocenters. The van der Waals surface area contributed by atoms with E-state index in [9.17, 15) is 8.42 Å². The highest BCUT2D eigenvalue weighted by molar-refractivity contribution is 7.87. The first-order valence-electron chi connectivity index (χ1n) is 7.66. The Bertz CT molecular complexity index is 580. The second-order valence-corrected chi connectivity index (χ2v) is 7.37. The molecule has 116 valence electrons. The summed E-state index contributed by atoms with van der Waals surface area (Å²) in [4.78, 5) is 0. The minimum absolute atomic E-state index is 0.191. The zero-order valence-corrected chi connectivity index (χ0v) is 12.9. The maximum absolute atomic E-state index is 12.6. The van der Waals surface area contributed by atoms with Gasteiger partial charge >= 0.3 is 0 Å². The molecule has 2 aliphatic heterocycles. The molecular weight excluding hydrogens is 288 g/mol. The van der Waals surface area contributed by atoms with Crippen LogP contribution in [0, 0.1) is 0 Å². The van der Waals surface area contributed by atoms with Gasteiger partial charge in [-0.15, -0.1) is 0 Å². The van der Waals surface area contributed by atoms with E-state index in [2.05, 4.69) is 4.72 Å². The number of para-hydroxylation sites is 1. The van der Waals surface area contributed by atoms with Crippen molar-refractivity contribution in [3.8, 4) is 5.75 Å². The highest BCUT2D eigenvalue weighted by Crippen LogP contribution is 2.32. The Hall–Kier alpha value is -1.11. The number of ether oxygens (including phenoxy) is 1. The Labute approximate surface area is 126 Å². The maximum Gasteiger partial charge on any atom is 0.280 e. The van der Waals surface area contributed by atoms with Crippen molar-refractivity contribution < 1.29 is 13.2 Å². The monoisotopic (exact) mass is 310 g/mol. The molecule has 2 aliphatic rings. The van der Waals surface area contributed by atoms with E-state index in [0.717, 1.165) is 37.0 Å². The van der Waals surface area contributed by atoms with Gasteiger partial charge in [-0.3, -0.25) is 0 Å². The summed E-state index contributed by atoms with van der Waals surface area (Å²) in [5.74, 6) is 0.785. The first-order valence-corrected chi connectivity index (χ1v) is 9.10. The van der Waals surface area contributed by atoms with Crippen molar-refractivity contribution in [3.05, 3.63) is 29.8 Å². The van der Waals surface area contributed by atoms with Crippen LogP contribution in [0.15, 0.2) is 24.3 Å². The van der Waals surface area contributed by atoms with Crippen LogP contribution in [0.4, 0.5) is 0 Å². The standard InChI is InChI=1S/C15H22N2O3S/c18-21(19,17-10-5-1-2-6-11-17)16-14-9-12-20-15-8-4-3-7-13(14)15/h3-4,7-8,14,16H,1-2,5-6,9-12H2. The van der Waals surface area contributed by atoms with Crippen LogP contribution in [0.5, 0.6) is 5.75 Å². The van der Waals surface area contributed by atoms with Gasteiger partial charge in [0, 0.05) is 25.1 Å². The largest absolute Gasteiger partial charge is 0.493 e. The number of nitrogens with one attached hydrogen (secondary N) is 1. The van der Waals surface area contributed by atoms with Crippen LogP contribution in [0.1, 0.15) is 43.7 Å². The Morgan fingerprint density at radius 2 is 1.81 bits per heavy atom. The van der Waals surface area contributed by atoms with E-state index in [4.69, 9.17) is 4.74 Å². The molecule has 3 rings (SSSR count). The molecule has 0 aromatic heterocycles. The minimum Gasteiger partial charge on any atom is -0.493 e. The number of hydrogen-bond donors (Lipinski definition) is 1. The molecule has 0 aliphatic carbocycles. The zero-order chi connectivity index (χ0) is 14.7. The molecule has 0 saturated carbocycles. The highest BCUT2D eigenvalue weighted by Gasteiger charge is 2.29. The highest BCUT2D eigenvalue weighted by atomic mass is 32.2. The number of rotatable bonds is 3. The first kappa shape index (κ1) is 14.8. The summed E-state index contributed by atoms with van der Waals surface area (Å²) >= 11 is 0. The van der Waals surface area contributed by atoms with E-state index in [1.165, 1.54) is 0 Å². The van der Waals surface area contributed by atoms with E-state index in [1.807, 2.05) is 24.3 Å². The fourth-order valence-corrected chi connectivity index (χ4v) is 4.49. The van der Waals surface area contributed by atoms with E-state index in [1.54, 1.807) is 4.31 Å². The molecule has 0 spiro atoms. The predicted molar refractivity (Wildman–Crippen MR) is 81.4 cm³/mol. The van der Waals surface area contributed by atoms with Crippen molar-refractivity contribution in [2.75, 3.05) is 19.7 Å². The molecule has 21 heavy (non-hydrogen) atoms. The maximum atomic E-state index is 12.6. The molecule has 1 fully saturated rings. The Kier molecular flexibility index (Phi) is 4.47. The summed E-state index contributed by atoms with van der Waals surface area (Å²) < 4.78 is 35.2. The average Bonchev–Trinajstić information content (AvgIpc) is 2.77. The van der Waals surface area contributed by atoms with Crippen molar-refractivity contribution in [1.29, 1.82) is 0 Å². The Morgan fingerprint density at radius 3 is 2.57 bits per heavy atom. The predicted octanol–water partition coefficient (Wildman–Crippen LogP) is 2.22. The lowest BCUT2D eigenvalue weighted by molar-refractivity contribution is 0.261. The van der Waals surface area contributed by atoms with Crippen LogP contribution in [0.3, 0.4) is 0 Å². The topological polar surface area (TPSA) is 58.6 Å². The Morgan fingerprint density at radius 1 is 1.10 bits per heavy atom. The van der Waals surface area contributed by atoms with Crippen LogP contribution in [-0.2, 0) is 10.2 Å². The molecule has 1 unspecified atom stereocenters. The number of nitrogens with zero attached hydrogens (tertiary/aromatic N) is 1. The normalized spacial score (nSPS) is 23.9. The average molecular weight is 310 g/mol. The quantitative estimate of drug-likeness (QED) is 0.931. The fraction of sp³-hybridized carbons (Fsp3) is 0.600.